The lowest BCUT2D eigenvalue weighted by Gasteiger charge is -2.51. The van der Waals surface area contributed by atoms with Crippen molar-refractivity contribution in [3.63, 3.8) is 0 Å². The Kier molecular flexibility index (Phi) is 5.35. The molecule has 10 heteroatoms. The van der Waals surface area contributed by atoms with Crippen molar-refractivity contribution in [2.45, 2.75) is 88.4 Å². The average Bonchev–Trinajstić information content (AvgIpc) is 3.84. The second-order valence-corrected chi connectivity index (χ2v) is 12.7. The maximum absolute atomic E-state index is 14.2. The Bertz CT molecular complexity index is 1510. The number of hydrogen-bond acceptors (Lipinski definition) is 7. The minimum absolute atomic E-state index is 0.0887. The van der Waals surface area contributed by atoms with Crippen molar-refractivity contribution in [2.24, 2.45) is 11.3 Å². The van der Waals surface area contributed by atoms with Gasteiger partial charge in [-0.2, -0.15) is 9.97 Å². The number of carbonyl (C=O) groups excluding carboxylic acids is 1. The molecular weight excluding hydrogens is 516 g/mol. The first-order valence-corrected chi connectivity index (χ1v) is 14.5. The Hall–Kier alpha value is -3.43. The van der Waals surface area contributed by atoms with Gasteiger partial charge in [0.1, 0.15) is 0 Å². The van der Waals surface area contributed by atoms with Gasteiger partial charge in [0, 0.05) is 54.0 Å². The van der Waals surface area contributed by atoms with Gasteiger partial charge in [-0.3, -0.25) is 4.79 Å². The number of nitrogens with zero attached hydrogens (tertiary/aromatic N) is 5. The summed E-state index contributed by atoms with van der Waals surface area (Å²) in [6, 6.07) is 7.51. The zero-order valence-corrected chi connectivity index (χ0v) is 22.2. The summed E-state index contributed by atoms with van der Waals surface area (Å²) in [7, 11) is 0. The van der Waals surface area contributed by atoms with Crippen LogP contribution in [0.2, 0.25) is 0 Å². The maximum Gasteiger partial charge on any atom is 0.258 e. The second kappa shape index (κ2) is 8.78. The molecule has 1 amide bonds. The Labute approximate surface area is 230 Å². The third-order valence-corrected chi connectivity index (χ3v) is 9.45. The third-order valence-electron chi connectivity index (χ3n) is 9.45. The number of rotatable bonds is 8. The van der Waals surface area contributed by atoms with Crippen LogP contribution < -0.4 is 4.90 Å². The van der Waals surface area contributed by atoms with Crippen molar-refractivity contribution in [3.8, 4) is 11.5 Å². The van der Waals surface area contributed by atoms with Crippen molar-refractivity contribution in [3.05, 3.63) is 47.4 Å². The molecule has 0 aliphatic heterocycles. The van der Waals surface area contributed by atoms with Crippen molar-refractivity contribution < 1.29 is 22.6 Å². The summed E-state index contributed by atoms with van der Waals surface area (Å²) in [6.45, 7) is 0.489. The SMILES string of the molecule is O=C(C1CCC(F)(F)C1)N(CC12CCC(c3nc(C4CC4)no3)=C(C1)C2)c1cccc(-c2nc(C3CC3)no2)c1. The van der Waals surface area contributed by atoms with E-state index in [-0.39, 0.29) is 30.6 Å². The number of alkyl halides is 2. The fraction of sp³-hybridized carbons (Fsp3) is 0.567. The Morgan fingerprint density at radius 1 is 0.950 bits per heavy atom. The molecule has 0 N–H and O–H groups in total. The molecule has 6 aliphatic carbocycles. The van der Waals surface area contributed by atoms with Crippen LogP contribution in [0, 0.1) is 11.3 Å². The van der Waals surface area contributed by atoms with E-state index in [1.165, 1.54) is 5.57 Å². The number of anilines is 1. The fourth-order valence-electron chi connectivity index (χ4n) is 6.80. The van der Waals surface area contributed by atoms with Crippen LogP contribution >= 0.6 is 0 Å². The highest BCUT2D eigenvalue weighted by Gasteiger charge is 2.50. The van der Waals surface area contributed by atoms with Gasteiger partial charge < -0.3 is 13.9 Å². The van der Waals surface area contributed by atoms with Crippen molar-refractivity contribution in [2.75, 3.05) is 11.4 Å². The molecule has 1 atom stereocenters. The summed E-state index contributed by atoms with van der Waals surface area (Å²) < 4.78 is 39.5. The topological polar surface area (TPSA) is 98.2 Å². The summed E-state index contributed by atoms with van der Waals surface area (Å²) in [5.41, 5.74) is 3.79. The van der Waals surface area contributed by atoms with Crippen LogP contribution in [0.4, 0.5) is 14.5 Å². The Morgan fingerprint density at radius 2 is 1.65 bits per heavy atom. The monoisotopic (exact) mass is 547 g/mol. The van der Waals surface area contributed by atoms with Crippen LogP contribution in [0.15, 0.2) is 38.9 Å². The van der Waals surface area contributed by atoms with Gasteiger partial charge >= 0.3 is 0 Å². The van der Waals surface area contributed by atoms with E-state index in [0.29, 0.717) is 35.8 Å². The van der Waals surface area contributed by atoms with E-state index >= 15 is 0 Å². The number of amides is 1. The van der Waals surface area contributed by atoms with E-state index in [1.807, 2.05) is 24.3 Å². The zero-order chi connectivity index (χ0) is 27.1. The molecule has 6 aliphatic rings. The molecule has 1 aromatic carbocycles. The lowest BCUT2D eigenvalue weighted by atomic mass is 9.57. The van der Waals surface area contributed by atoms with E-state index in [4.69, 9.17) is 9.05 Å². The number of benzene rings is 1. The molecule has 9 rings (SSSR count). The van der Waals surface area contributed by atoms with Crippen LogP contribution in [-0.4, -0.2) is 38.7 Å². The lowest BCUT2D eigenvalue weighted by molar-refractivity contribution is -0.123. The van der Waals surface area contributed by atoms with Crippen LogP contribution in [0.5, 0.6) is 0 Å². The standard InChI is InChI=1S/C30H31F2N5O3/c31-30(32)11-8-20(15-30)28(38)37(22-3-1-2-19(12-22)26-33-24(35-39-26)17-4-5-17)16-29-10-9-23(21(13-29)14-29)27-34-25(36-40-27)18-6-7-18/h1-3,12,17-18,20H,4-11,13-16H2. The first-order valence-electron chi connectivity index (χ1n) is 14.5. The van der Waals surface area contributed by atoms with E-state index in [9.17, 15) is 13.6 Å². The van der Waals surface area contributed by atoms with Gasteiger partial charge in [0.05, 0.1) is 0 Å². The average molecular weight is 548 g/mol. The lowest BCUT2D eigenvalue weighted by Crippen LogP contribution is -2.49. The molecule has 1 unspecified atom stereocenters. The predicted octanol–water partition coefficient (Wildman–Crippen LogP) is 6.67. The van der Waals surface area contributed by atoms with Crippen LogP contribution in [0.1, 0.15) is 100 Å². The van der Waals surface area contributed by atoms with Crippen molar-refractivity contribution in [1.82, 2.24) is 20.3 Å². The number of hydrogen-bond donors (Lipinski definition) is 0. The van der Waals surface area contributed by atoms with Gasteiger partial charge in [0.15, 0.2) is 11.6 Å². The first kappa shape index (κ1) is 24.4. The minimum Gasteiger partial charge on any atom is -0.334 e. The molecule has 3 aromatic rings. The Balaban J connectivity index is 1.07. The van der Waals surface area contributed by atoms with Crippen LogP contribution in [0.25, 0.3) is 17.0 Å². The fourth-order valence-corrected chi connectivity index (χ4v) is 6.80. The van der Waals surface area contributed by atoms with Gasteiger partial charge in [-0.25, -0.2) is 8.78 Å². The van der Waals surface area contributed by atoms with E-state index in [2.05, 4.69) is 20.3 Å². The molecule has 0 spiro atoms. The highest BCUT2D eigenvalue weighted by atomic mass is 19.3. The molecule has 0 saturated heterocycles. The van der Waals surface area contributed by atoms with Gasteiger partial charge in [-0.15, -0.1) is 0 Å². The van der Waals surface area contributed by atoms with Gasteiger partial charge in [-0.1, -0.05) is 22.0 Å². The quantitative estimate of drug-likeness (QED) is 0.311. The minimum atomic E-state index is -2.79. The second-order valence-electron chi connectivity index (χ2n) is 12.7. The van der Waals surface area contributed by atoms with E-state index in [0.717, 1.165) is 74.2 Å². The number of allylic oxidation sites excluding steroid dienone is 2. The molecule has 40 heavy (non-hydrogen) atoms. The number of fused-ring (bicyclic) bond motifs is 2. The van der Waals surface area contributed by atoms with E-state index < -0.39 is 11.8 Å². The molecular formula is C30H31F2N5O3. The summed E-state index contributed by atoms with van der Waals surface area (Å²) >= 11 is 0. The maximum atomic E-state index is 14.2. The summed E-state index contributed by atoms with van der Waals surface area (Å²) in [5.74, 6) is -0.288. The summed E-state index contributed by atoms with van der Waals surface area (Å²) in [6.07, 6.45) is 7.37. The molecule has 4 saturated carbocycles. The van der Waals surface area contributed by atoms with E-state index in [1.54, 1.807) is 4.90 Å². The summed E-state index contributed by atoms with van der Waals surface area (Å²) in [5, 5.41) is 8.31. The highest BCUT2D eigenvalue weighted by Crippen LogP contribution is 2.58. The molecule has 0 radical (unpaired) electrons. The smallest absolute Gasteiger partial charge is 0.258 e. The van der Waals surface area contributed by atoms with Gasteiger partial charge in [0.25, 0.3) is 11.8 Å². The molecule has 2 bridgehead atoms. The molecule has 208 valence electrons. The molecule has 4 fully saturated rings. The van der Waals surface area contributed by atoms with Gasteiger partial charge in [-0.05, 0) is 81.4 Å². The number of aromatic nitrogens is 4. The number of halogens is 2. The normalized spacial score (nSPS) is 24.7. The number of carbonyl (C=O) groups is 1. The van der Waals surface area contributed by atoms with Crippen molar-refractivity contribution in [1.29, 1.82) is 0 Å². The Morgan fingerprint density at radius 3 is 2.27 bits per heavy atom. The largest absolute Gasteiger partial charge is 0.334 e. The molecule has 8 nitrogen and oxygen atoms in total. The molecule has 2 heterocycles. The van der Waals surface area contributed by atoms with Crippen molar-refractivity contribution >= 4 is 17.2 Å². The van der Waals surface area contributed by atoms with Crippen LogP contribution in [0.3, 0.4) is 0 Å². The highest BCUT2D eigenvalue weighted by molar-refractivity contribution is 5.96. The third kappa shape index (κ3) is 4.36. The summed E-state index contributed by atoms with van der Waals surface area (Å²) in [4.78, 5) is 24.9. The molecule has 2 aromatic heterocycles. The zero-order valence-electron chi connectivity index (χ0n) is 22.2. The van der Waals surface area contributed by atoms with Gasteiger partial charge in [0.2, 0.25) is 11.8 Å². The van der Waals surface area contributed by atoms with Crippen LogP contribution in [-0.2, 0) is 4.79 Å². The predicted molar refractivity (Wildman–Crippen MR) is 140 cm³/mol. The first-order chi connectivity index (χ1) is 19.3.